The standard InChI is InChI=1S/C5H10INO2/c1-3(6)4(2)9-5(7)8/h3-4H,1-2H3,(H2,7,8). The number of nitrogens with two attached hydrogens (primary N) is 1. The third-order valence-electron chi connectivity index (χ3n) is 0.949. The Morgan fingerprint density at radius 1 is 1.67 bits per heavy atom. The molecule has 0 rings (SSSR count). The molecule has 2 N–H and O–H groups in total. The number of primary amides is 1. The van der Waals surface area contributed by atoms with Crippen LogP contribution in [0.1, 0.15) is 13.8 Å². The van der Waals surface area contributed by atoms with Crippen molar-refractivity contribution in [2.75, 3.05) is 0 Å². The van der Waals surface area contributed by atoms with Crippen molar-refractivity contribution in [2.24, 2.45) is 5.73 Å². The Hall–Kier alpha value is 0. The smallest absolute Gasteiger partial charge is 0.404 e. The van der Waals surface area contributed by atoms with Gasteiger partial charge >= 0.3 is 6.09 Å². The van der Waals surface area contributed by atoms with Gasteiger partial charge in [0, 0.05) is 3.92 Å². The predicted octanol–water partition coefficient (Wildman–Crippen LogP) is 1.29. The summed E-state index contributed by atoms with van der Waals surface area (Å²) < 4.78 is 4.94. The van der Waals surface area contributed by atoms with E-state index in [1.807, 2.05) is 13.8 Å². The van der Waals surface area contributed by atoms with Gasteiger partial charge in [0.1, 0.15) is 6.10 Å². The molecule has 0 aromatic rings. The number of hydrogen-bond donors (Lipinski definition) is 1. The summed E-state index contributed by atoms with van der Waals surface area (Å²) in [7, 11) is 0. The molecular weight excluding hydrogens is 233 g/mol. The summed E-state index contributed by atoms with van der Waals surface area (Å²) >= 11 is 2.17. The number of alkyl halides is 1. The van der Waals surface area contributed by atoms with Crippen molar-refractivity contribution in [2.45, 2.75) is 23.9 Å². The summed E-state index contributed by atoms with van der Waals surface area (Å²) in [4.78, 5) is 10.1. The topological polar surface area (TPSA) is 52.3 Å². The van der Waals surface area contributed by atoms with Gasteiger partial charge in [0.2, 0.25) is 0 Å². The van der Waals surface area contributed by atoms with E-state index in [0.717, 1.165) is 0 Å². The highest BCUT2D eigenvalue weighted by Gasteiger charge is 2.10. The van der Waals surface area contributed by atoms with Crippen LogP contribution in [0.5, 0.6) is 0 Å². The molecule has 2 unspecified atom stereocenters. The maximum Gasteiger partial charge on any atom is 0.404 e. The van der Waals surface area contributed by atoms with Crippen LogP contribution in [0, 0.1) is 0 Å². The number of hydrogen-bond acceptors (Lipinski definition) is 2. The molecule has 9 heavy (non-hydrogen) atoms. The molecule has 1 amide bonds. The van der Waals surface area contributed by atoms with Crippen LogP contribution in [0.2, 0.25) is 0 Å². The first-order chi connectivity index (χ1) is 4.04. The molecule has 2 atom stereocenters. The molecule has 0 fully saturated rings. The molecule has 0 aliphatic carbocycles. The second-order valence-corrected chi connectivity index (χ2v) is 3.78. The van der Waals surface area contributed by atoms with E-state index in [2.05, 4.69) is 27.3 Å². The molecule has 0 saturated heterocycles. The second-order valence-electron chi connectivity index (χ2n) is 1.82. The number of ether oxygens (including phenoxy) is 1. The molecule has 0 aliphatic rings. The first-order valence-corrected chi connectivity index (χ1v) is 3.88. The van der Waals surface area contributed by atoms with Crippen molar-refractivity contribution in [1.82, 2.24) is 0 Å². The molecule has 0 aromatic heterocycles. The molecule has 0 saturated carbocycles. The molecule has 0 radical (unpaired) electrons. The Morgan fingerprint density at radius 3 is 2.22 bits per heavy atom. The van der Waals surface area contributed by atoms with Gasteiger partial charge in [0.25, 0.3) is 0 Å². The molecule has 3 nitrogen and oxygen atoms in total. The van der Waals surface area contributed by atoms with E-state index in [-0.39, 0.29) is 6.10 Å². The van der Waals surface area contributed by atoms with Gasteiger partial charge in [0.15, 0.2) is 0 Å². The van der Waals surface area contributed by atoms with Crippen LogP contribution >= 0.6 is 22.6 Å². The molecule has 4 heteroatoms. The monoisotopic (exact) mass is 243 g/mol. The summed E-state index contributed by atoms with van der Waals surface area (Å²) in [5, 5.41) is 0. The lowest BCUT2D eigenvalue weighted by molar-refractivity contribution is 0.119. The summed E-state index contributed by atoms with van der Waals surface area (Å²) in [5.41, 5.74) is 4.77. The Balaban J connectivity index is 3.50. The van der Waals surface area contributed by atoms with E-state index in [1.165, 1.54) is 0 Å². The minimum Gasteiger partial charge on any atom is -0.446 e. The highest BCUT2D eigenvalue weighted by Crippen LogP contribution is 2.07. The Labute approximate surface area is 68.1 Å². The third-order valence-corrected chi connectivity index (χ3v) is 1.96. The molecule has 0 aliphatic heterocycles. The van der Waals surface area contributed by atoms with Crippen molar-refractivity contribution in [3.05, 3.63) is 0 Å². The maximum absolute atomic E-state index is 10.1. The van der Waals surface area contributed by atoms with Crippen molar-refractivity contribution < 1.29 is 9.53 Å². The zero-order chi connectivity index (χ0) is 7.44. The SMILES string of the molecule is CC(I)C(C)OC(N)=O. The fourth-order valence-electron chi connectivity index (χ4n) is 0.277. The highest BCUT2D eigenvalue weighted by atomic mass is 127. The number of carbonyl (C=O) groups excluding carboxylic acids is 1. The number of rotatable bonds is 2. The van der Waals surface area contributed by atoms with Crippen LogP contribution in [-0.2, 0) is 4.74 Å². The quantitative estimate of drug-likeness (QED) is 0.586. The normalized spacial score (nSPS) is 16.3. The molecule has 0 heterocycles. The summed E-state index contributed by atoms with van der Waals surface area (Å²) in [6.45, 7) is 3.76. The van der Waals surface area contributed by atoms with Crippen molar-refractivity contribution >= 4 is 28.7 Å². The van der Waals surface area contributed by atoms with Gasteiger partial charge in [-0.05, 0) is 13.8 Å². The highest BCUT2D eigenvalue weighted by molar-refractivity contribution is 14.1. The average molecular weight is 243 g/mol. The number of amides is 1. The predicted molar refractivity (Wildman–Crippen MR) is 43.6 cm³/mol. The van der Waals surface area contributed by atoms with Crippen molar-refractivity contribution in [3.8, 4) is 0 Å². The lowest BCUT2D eigenvalue weighted by Gasteiger charge is -2.12. The minimum atomic E-state index is -0.703. The number of carbonyl (C=O) groups is 1. The van der Waals surface area contributed by atoms with E-state index in [0.29, 0.717) is 3.92 Å². The fraction of sp³-hybridized carbons (Fsp3) is 0.800. The van der Waals surface area contributed by atoms with Gasteiger partial charge < -0.3 is 10.5 Å². The van der Waals surface area contributed by atoms with Crippen LogP contribution in [0.15, 0.2) is 0 Å². The first-order valence-electron chi connectivity index (χ1n) is 2.64. The second kappa shape index (κ2) is 3.92. The van der Waals surface area contributed by atoms with Crippen molar-refractivity contribution in [1.29, 1.82) is 0 Å². The Morgan fingerprint density at radius 2 is 2.11 bits per heavy atom. The van der Waals surface area contributed by atoms with Crippen molar-refractivity contribution in [3.63, 3.8) is 0 Å². The number of halogens is 1. The van der Waals surface area contributed by atoms with E-state index < -0.39 is 6.09 Å². The lowest BCUT2D eigenvalue weighted by atomic mass is 10.3. The largest absolute Gasteiger partial charge is 0.446 e. The summed E-state index contributed by atoms with van der Waals surface area (Å²) in [5.74, 6) is 0. The fourth-order valence-corrected chi connectivity index (χ4v) is 0.424. The zero-order valence-corrected chi connectivity index (χ0v) is 7.58. The van der Waals surface area contributed by atoms with Crippen LogP contribution in [-0.4, -0.2) is 16.1 Å². The summed E-state index contributed by atoms with van der Waals surface area (Å²) in [6.07, 6.45) is -0.797. The van der Waals surface area contributed by atoms with E-state index in [1.54, 1.807) is 0 Å². The van der Waals surface area contributed by atoms with Gasteiger partial charge in [0.05, 0.1) is 0 Å². The average Bonchev–Trinajstić information content (AvgIpc) is 1.63. The van der Waals surface area contributed by atoms with E-state index in [4.69, 9.17) is 5.73 Å². The Kier molecular flexibility index (Phi) is 3.92. The first kappa shape index (κ1) is 9.00. The van der Waals surface area contributed by atoms with E-state index in [9.17, 15) is 4.79 Å². The van der Waals surface area contributed by atoms with Gasteiger partial charge in [-0.2, -0.15) is 0 Å². The van der Waals surface area contributed by atoms with Gasteiger partial charge in [-0.25, -0.2) is 4.79 Å². The molecule has 0 aromatic carbocycles. The lowest BCUT2D eigenvalue weighted by Crippen LogP contribution is -2.25. The molecule has 0 spiro atoms. The third kappa shape index (κ3) is 4.50. The van der Waals surface area contributed by atoms with Gasteiger partial charge in [-0.15, -0.1) is 0 Å². The van der Waals surface area contributed by atoms with Gasteiger partial charge in [-0.3, -0.25) is 0 Å². The van der Waals surface area contributed by atoms with Crippen LogP contribution in [0.25, 0.3) is 0 Å². The van der Waals surface area contributed by atoms with E-state index >= 15 is 0 Å². The molecular formula is C5H10INO2. The molecule has 0 bridgehead atoms. The minimum absolute atomic E-state index is 0.0944. The van der Waals surface area contributed by atoms with Crippen LogP contribution in [0.3, 0.4) is 0 Å². The zero-order valence-electron chi connectivity index (χ0n) is 5.43. The van der Waals surface area contributed by atoms with Gasteiger partial charge in [-0.1, -0.05) is 22.6 Å². The molecule has 54 valence electrons. The van der Waals surface area contributed by atoms with Crippen LogP contribution in [0.4, 0.5) is 4.79 Å². The maximum atomic E-state index is 10.1. The van der Waals surface area contributed by atoms with Crippen LogP contribution < -0.4 is 5.73 Å². The Bertz CT molecular complexity index is 105. The summed E-state index contributed by atoms with van der Waals surface area (Å²) in [6, 6.07) is 0.